The summed E-state index contributed by atoms with van der Waals surface area (Å²) in [5.41, 5.74) is 8.19. The largest absolute Gasteiger partial charge is 0.496 e. The van der Waals surface area contributed by atoms with Gasteiger partial charge < -0.3 is 10.5 Å². The Morgan fingerprint density at radius 3 is 2.71 bits per heavy atom. The summed E-state index contributed by atoms with van der Waals surface area (Å²) in [5, 5.41) is 0. The van der Waals surface area contributed by atoms with Crippen molar-refractivity contribution in [3.8, 4) is 5.75 Å². The summed E-state index contributed by atoms with van der Waals surface area (Å²) in [4.78, 5) is 0. The van der Waals surface area contributed by atoms with E-state index in [4.69, 9.17) is 10.5 Å². The smallest absolute Gasteiger partial charge is 0.122 e. The average Bonchev–Trinajstić information content (AvgIpc) is 2.15. The Morgan fingerprint density at radius 2 is 2.14 bits per heavy atom. The zero-order valence-electron chi connectivity index (χ0n) is 9.21. The van der Waals surface area contributed by atoms with Crippen molar-refractivity contribution in [1.29, 1.82) is 0 Å². The number of nitrogens with two attached hydrogens (primary N) is 1. The Hall–Kier alpha value is -1.02. The van der Waals surface area contributed by atoms with Gasteiger partial charge in [0, 0.05) is 6.04 Å². The summed E-state index contributed by atoms with van der Waals surface area (Å²) in [6, 6.07) is 6.55. The van der Waals surface area contributed by atoms with Crippen LogP contribution in [0, 0.1) is 6.92 Å². The summed E-state index contributed by atoms with van der Waals surface area (Å²) in [7, 11) is 1.71. The summed E-state index contributed by atoms with van der Waals surface area (Å²) < 4.78 is 5.32. The number of hydrogen-bond donors (Lipinski definition) is 1. The Labute approximate surface area is 86.1 Å². The topological polar surface area (TPSA) is 35.2 Å². The van der Waals surface area contributed by atoms with Gasteiger partial charge in [0.15, 0.2) is 0 Å². The maximum absolute atomic E-state index is 5.72. The van der Waals surface area contributed by atoms with E-state index in [1.54, 1.807) is 7.11 Å². The molecule has 0 radical (unpaired) electrons. The van der Waals surface area contributed by atoms with Crippen LogP contribution in [0.2, 0.25) is 0 Å². The quantitative estimate of drug-likeness (QED) is 0.796. The number of ether oxygens (including phenoxy) is 1. The number of rotatable bonds is 4. The van der Waals surface area contributed by atoms with Gasteiger partial charge >= 0.3 is 0 Å². The third-order valence-corrected chi connectivity index (χ3v) is 2.31. The van der Waals surface area contributed by atoms with E-state index >= 15 is 0 Å². The Balaban J connectivity index is 2.75. The Morgan fingerprint density at radius 1 is 1.43 bits per heavy atom. The molecule has 78 valence electrons. The molecule has 0 fully saturated rings. The first-order chi connectivity index (χ1) is 6.63. The van der Waals surface area contributed by atoms with Crippen LogP contribution in [0.15, 0.2) is 18.2 Å². The lowest BCUT2D eigenvalue weighted by Gasteiger charge is -2.10. The van der Waals surface area contributed by atoms with Crippen LogP contribution in [0.1, 0.15) is 24.5 Å². The lowest BCUT2D eigenvalue weighted by Crippen LogP contribution is -2.15. The molecular formula is C12H19NO. The highest BCUT2D eigenvalue weighted by Crippen LogP contribution is 2.21. The molecule has 14 heavy (non-hydrogen) atoms. The third-order valence-electron chi connectivity index (χ3n) is 2.31. The van der Waals surface area contributed by atoms with Crippen molar-refractivity contribution in [2.75, 3.05) is 7.11 Å². The SMILES string of the molecule is COc1cc(C)ccc1CC[C@H](C)N. The van der Waals surface area contributed by atoms with Gasteiger partial charge in [-0.2, -0.15) is 0 Å². The van der Waals surface area contributed by atoms with Crippen LogP contribution in [0.25, 0.3) is 0 Å². The number of benzene rings is 1. The molecule has 0 amide bonds. The summed E-state index contributed by atoms with van der Waals surface area (Å²) >= 11 is 0. The first-order valence-corrected chi connectivity index (χ1v) is 5.02. The van der Waals surface area contributed by atoms with Gasteiger partial charge in [-0.15, -0.1) is 0 Å². The van der Waals surface area contributed by atoms with Crippen molar-refractivity contribution in [3.05, 3.63) is 29.3 Å². The second kappa shape index (κ2) is 5.01. The molecule has 0 aliphatic carbocycles. The summed E-state index contributed by atoms with van der Waals surface area (Å²) in [6.07, 6.45) is 1.99. The van der Waals surface area contributed by atoms with E-state index in [1.807, 2.05) is 6.92 Å². The molecule has 2 heteroatoms. The maximum Gasteiger partial charge on any atom is 0.122 e. The van der Waals surface area contributed by atoms with Gasteiger partial charge in [0.2, 0.25) is 0 Å². The van der Waals surface area contributed by atoms with Gasteiger partial charge in [-0.1, -0.05) is 12.1 Å². The average molecular weight is 193 g/mol. The van der Waals surface area contributed by atoms with Crippen molar-refractivity contribution in [3.63, 3.8) is 0 Å². The number of aryl methyl sites for hydroxylation is 2. The molecule has 0 bridgehead atoms. The molecule has 1 rings (SSSR count). The normalized spacial score (nSPS) is 12.6. The zero-order valence-corrected chi connectivity index (χ0v) is 9.21. The van der Waals surface area contributed by atoms with Gasteiger partial charge in [-0.25, -0.2) is 0 Å². The van der Waals surface area contributed by atoms with Crippen molar-refractivity contribution in [1.82, 2.24) is 0 Å². The van der Waals surface area contributed by atoms with E-state index < -0.39 is 0 Å². The molecule has 0 saturated heterocycles. The van der Waals surface area contributed by atoms with Gasteiger partial charge in [-0.3, -0.25) is 0 Å². The van der Waals surface area contributed by atoms with Gasteiger partial charge in [0.1, 0.15) is 5.75 Å². The van der Waals surface area contributed by atoms with Gasteiger partial charge in [0.25, 0.3) is 0 Å². The predicted molar refractivity (Wildman–Crippen MR) is 59.7 cm³/mol. The maximum atomic E-state index is 5.72. The van der Waals surface area contributed by atoms with Crippen LogP contribution in [0.3, 0.4) is 0 Å². The molecule has 0 spiro atoms. The van der Waals surface area contributed by atoms with E-state index in [9.17, 15) is 0 Å². The van der Waals surface area contributed by atoms with Crippen LogP contribution in [-0.2, 0) is 6.42 Å². The monoisotopic (exact) mass is 193 g/mol. The number of hydrogen-bond acceptors (Lipinski definition) is 2. The molecule has 0 aromatic heterocycles. The standard InChI is InChI=1S/C12H19NO/c1-9-4-6-11(7-5-10(2)13)12(8-9)14-3/h4,6,8,10H,5,7,13H2,1-3H3/t10-/m0/s1. The lowest BCUT2D eigenvalue weighted by molar-refractivity contribution is 0.408. The number of methoxy groups -OCH3 is 1. The van der Waals surface area contributed by atoms with E-state index in [0.29, 0.717) is 0 Å². The van der Waals surface area contributed by atoms with Gasteiger partial charge in [0.05, 0.1) is 7.11 Å². The molecule has 1 aromatic rings. The fraction of sp³-hybridized carbons (Fsp3) is 0.500. The Bertz CT molecular complexity index is 294. The van der Waals surface area contributed by atoms with Crippen LogP contribution < -0.4 is 10.5 Å². The van der Waals surface area contributed by atoms with Crippen LogP contribution in [-0.4, -0.2) is 13.2 Å². The van der Waals surface area contributed by atoms with E-state index in [2.05, 4.69) is 25.1 Å². The molecule has 0 saturated carbocycles. The fourth-order valence-electron chi connectivity index (χ4n) is 1.44. The van der Waals surface area contributed by atoms with Crippen molar-refractivity contribution >= 4 is 0 Å². The van der Waals surface area contributed by atoms with E-state index in [-0.39, 0.29) is 6.04 Å². The minimum atomic E-state index is 0.251. The molecule has 0 unspecified atom stereocenters. The highest BCUT2D eigenvalue weighted by Gasteiger charge is 2.03. The molecule has 2 nitrogen and oxygen atoms in total. The second-order valence-corrected chi connectivity index (χ2v) is 3.83. The molecule has 0 aliphatic heterocycles. The van der Waals surface area contributed by atoms with Crippen molar-refractivity contribution in [2.45, 2.75) is 32.7 Å². The van der Waals surface area contributed by atoms with E-state index in [1.165, 1.54) is 11.1 Å². The fourth-order valence-corrected chi connectivity index (χ4v) is 1.44. The first-order valence-electron chi connectivity index (χ1n) is 5.02. The van der Waals surface area contributed by atoms with Crippen LogP contribution in [0.5, 0.6) is 5.75 Å². The summed E-state index contributed by atoms with van der Waals surface area (Å²) in [5.74, 6) is 0.977. The second-order valence-electron chi connectivity index (χ2n) is 3.83. The minimum absolute atomic E-state index is 0.251. The molecular weight excluding hydrogens is 174 g/mol. The molecule has 2 N–H and O–H groups in total. The first kappa shape index (κ1) is 11.1. The highest BCUT2D eigenvalue weighted by atomic mass is 16.5. The van der Waals surface area contributed by atoms with Crippen LogP contribution in [0.4, 0.5) is 0 Å². The Kier molecular flexibility index (Phi) is 3.96. The van der Waals surface area contributed by atoms with Crippen molar-refractivity contribution < 1.29 is 4.74 Å². The van der Waals surface area contributed by atoms with E-state index in [0.717, 1.165) is 18.6 Å². The molecule has 0 aliphatic rings. The third kappa shape index (κ3) is 3.04. The summed E-state index contributed by atoms with van der Waals surface area (Å²) in [6.45, 7) is 4.10. The lowest BCUT2D eigenvalue weighted by atomic mass is 10.0. The zero-order chi connectivity index (χ0) is 10.6. The van der Waals surface area contributed by atoms with Crippen LogP contribution >= 0.6 is 0 Å². The highest BCUT2D eigenvalue weighted by molar-refractivity contribution is 5.37. The minimum Gasteiger partial charge on any atom is -0.496 e. The molecule has 1 atom stereocenters. The predicted octanol–water partition coefficient (Wildman–Crippen LogP) is 2.28. The van der Waals surface area contributed by atoms with Gasteiger partial charge in [-0.05, 0) is 43.9 Å². The molecule has 1 aromatic carbocycles. The van der Waals surface area contributed by atoms with Crippen molar-refractivity contribution in [2.24, 2.45) is 5.73 Å². The molecule has 0 heterocycles.